The Balaban J connectivity index is 1.42. The van der Waals surface area contributed by atoms with Crippen molar-refractivity contribution in [3.8, 4) is 11.1 Å². The van der Waals surface area contributed by atoms with Gasteiger partial charge in [-0.2, -0.15) is 5.10 Å². The molecule has 0 aliphatic rings. The minimum Gasteiger partial charge on any atom is -0.392 e. The molecule has 6 nitrogen and oxygen atoms in total. The summed E-state index contributed by atoms with van der Waals surface area (Å²) in [5.41, 5.74) is 5.37. The average molecular weight is 358 g/mol. The van der Waals surface area contributed by atoms with Gasteiger partial charge in [0.1, 0.15) is 6.33 Å². The summed E-state index contributed by atoms with van der Waals surface area (Å²) in [6.07, 6.45) is 3.70. The monoisotopic (exact) mass is 358 g/mol. The Morgan fingerprint density at radius 2 is 1.70 bits per heavy atom. The van der Waals surface area contributed by atoms with Crippen LogP contribution in [-0.4, -0.2) is 25.6 Å². The van der Waals surface area contributed by atoms with E-state index in [9.17, 15) is 4.79 Å². The maximum atomic E-state index is 12.2. The van der Waals surface area contributed by atoms with Crippen LogP contribution in [0.2, 0.25) is 0 Å². The van der Waals surface area contributed by atoms with Crippen LogP contribution in [0.1, 0.15) is 11.1 Å². The van der Waals surface area contributed by atoms with E-state index in [0.29, 0.717) is 6.42 Å². The van der Waals surface area contributed by atoms with Crippen LogP contribution in [0.3, 0.4) is 0 Å². The Labute approximate surface area is 156 Å². The number of carbonyl (C=O) groups excluding carboxylic acids is 1. The first kappa shape index (κ1) is 16.9. The SMILES string of the molecule is O=C(Cc1ccc(-c2ccn3ncnc3c2)cc1)Nc1ccc(CO)cc1. The number of pyridine rings is 1. The molecular formula is C21H18N4O2. The van der Waals surface area contributed by atoms with Crippen molar-refractivity contribution in [1.82, 2.24) is 14.6 Å². The van der Waals surface area contributed by atoms with Gasteiger partial charge in [-0.05, 0) is 46.5 Å². The molecule has 4 aromatic rings. The number of rotatable bonds is 5. The fourth-order valence-electron chi connectivity index (χ4n) is 2.89. The van der Waals surface area contributed by atoms with Crippen molar-refractivity contribution in [1.29, 1.82) is 0 Å². The Hall–Kier alpha value is -3.51. The zero-order valence-corrected chi connectivity index (χ0v) is 14.5. The normalized spacial score (nSPS) is 10.9. The van der Waals surface area contributed by atoms with E-state index >= 15 is 0 Å². The molecule has 0 unspecified atom stereocenters. The van der Waals surface area contributed by atoms with Crippen LogP contribution in [0.4, 0.5) is 5.69 Å². The molecule has 1 amide bonds. The van der Waals surface area contributed by atoms with Crippen molar-refractivity contribution in [2.75, 3.05) is 5.32 Å². The minimum absolute atomic E-state index is 0.00932. The van der Waals surface area contributed by atoms with Gasteiger partial charge in [0.2, 0.25) is 5.91 Å². The fraction of sp³-hybridized carbons (Fsp3) is 0.0952. The lowest BCUT2D eigenvalue weighted by molar-refractivity contribution is -0.115. The first-order chi connectivity index (χ1) is 13.2. The van der Waals surface area contributed by atoms with Gasteiger partial charge in [0, 0.05) is 11.9 Å². The van der Waals surface area contributed by atoms with Gasteiger partial charge in [-0.3, -0.25) is 4.79 Å². The van der Waals surface area contributed by atoms with Gasteiger partial charge in [-0.25, -0.2) is 9.50 Å². The van der Waals surface area contributed by atoms with Crippen molar-refractivity contribution in [3.05, 3.63) is 84.3 Å². The van der Waals surface area contributed by atoms with Crippen LogP contribution in [0.25, 0.3) is 16.8 Å². The first-order valence-corrected chi connectivity index (χ1v) is 8.59. The molecule has 0 spiro atoms. The summed E-state index contributed by atoms with van der Waals surface area (Å²) in [5.74, 6) is -0.0793. The van der Waals surface area contributed by atoms with E-state index < -0.39 is 0 Å². The summed E-state index contributed by atoms with van der Waals surface area (Å²) in [4.78, 5) is 16.4. The Kier molecular flexibility index (Phi) is 4.63. The topological polar surface area (TPSA) is 79.5 Å². The van der Waals surface area contributed by atoms with Gasteiger partial charge in [0.05, 0.1) is 13.0 Å². The van der Waals surface area contributed by atoms with Crippen molar-refractivity contribution in [2.45, 2.75) is 13.0 Å². The third kappa shape index (κ3) is 3.86. The van der Waals surface area contributed by atoms with Gasteiger partial charge in [-0.1, -0.05) is 36.4 Å². The van der Waals surface area contributed by atoms with Crippen LogP contribution >= 0.6 is 0 Å². The Bertz CT molecular complexity index is 1070. The number of aromatic nitrogens is 3. The molecule has 134 valence electrons. The number of anilines is 1. The second kappa shape index (κ2) is 7.39. The molecule has 0 aliphatic heterocycles. The van der Waals surface area contributed by atoms with Crippen LogP contribution in [0, 0.1) is 0 Å². The molecule has 4 rings (SSSR count). The largest absolute Gasteiger partial charge is 0.392 e. The Morgan fingerprint density at radius 3 is 2.44 bits per heavy atom. The smallest absolute Gasteiger partial charge is 0.228 e. The molecule has 0 atom stereocenters. The predicted octanol–water partition coefficient (Wildman–Crippen LogP) is 3.07. The first-order valence-electron chi connectivity index (χ1n) is 8.59. The second-order valence-corrected chi connectivity index (χ2v) is 6.26. The molecule has 0 saturated carbocycles. The van der Waals surface area contributed by atoms with E-state index in [2.05, 4.69) is 15.4 Å². The quantitative estimate of drug-likeness (QED) is 0.575. The highest BCUT2D eigenvalue weighted by Crippen LogP contribution is 2.21. The molecule has 2 aromatic heterocycles. The maximum Gasteiger partial charge on any atom is 0.228 e. The number of carbonyl (C=O) groups is 1. The number of hydrogen-bond donors (Lipinski definition) is 2. The lowest BCUT2D eigenvalue weighted by Crippen LogP contribution is -2.14. The van der Waals surface area contributed by atoms with Crippen molar-refractivity contribution < 1.29 is 9.90 Å². The molecule has 0 radical (unpaired) electrons. The van der Waals surface area contributed by atoms with Crippen LogP contribution in [0.5, 0.6) is 0 Å². The molecule has 0 saturated heterocycles. The summed E-state index contributed by atoms with van der Waals surface area (Å²) in [6.45, 7) is -0.00932. The number of hydrogen-bond acceptors (Lipinski definition) is 4. The van der Waals surface area contributed by atoms with Gasteiger partial charge in [-0.15, -0.1) is 0 Å². The molecule has 27 heavy (non-hydrogen) atoms. The molecule has 0 fully saturated rings. The molecular weight excluding hydrogens is 340 g/mol. The molecule has 0 bridgehead atoms. The summed E-state index contributed by atoms with van der Waals surface area (Å²) in [7, 11) is 0. The third-order valence-corrected chi connectivity index (χ3v) is 4.35. The van der Waals surface area contributed by atoms with Gasteiger partial charge >= 0.3 is 0 Å². The zero-order chi connectivity index (χ0) is 18.6. The number of benzene rings is 2. The standard InChI is InChI=1S/C21H18N4O2/c26-13-16-3-7-19(8-4-16)24-21(27)11-15-1-5-17(6-2-15)18-9-10-25-20(12-18)22-14-23-25/h1-10,12,14,26H,11,13H2,(H,24,27). The van der Waals surface area contributed by atoms with Crippen LogP contribution in [-0.2, 0) is 17.8 Å². The van der Waals surface area contributed by atoms with E-state index in [1.54, 1.807) is 28.8 Å². The van der Waals surface area contributed by atoms with E-state index in [1.165, 1.54) is 6.33 Å². The second-order valence-electron chi connectivity index (χ2n) is 6.26. The molecule has 2 aromatic carbocycles. The highest BCUT2D eigenvalue weighted by atomic mass is 16.3. The zero-order valence-electron chi connectivity index (χ0n) is 14.5. The molecule has 2 heterocycles. The number of fused-ring (bicyclic) bond motifs is 1. The lowest BCUT2D eigenvalue weighted by Gasteiger charge is -2.07. The average Bonchev–Trinajstić information content (AvgIpc) is 3.17. The van der Waals surface area contributed by atoms with Gasteiger partial charge in [0.15, 0.2) is 5.65 Å². The number of aliphatic hydroxyl groups is 1. The van der Waals surface area contributed by atoms with E-state index in [-0.39, 0.29) is 12.5 Å². The Morgan fingerprint density at radius 1 is 0.963 bits per heavy atom. The highest BCUT2D eigenvalue weighted by molar-refractivity contribution is 5.92. The predicted molar refractivity (Wildman–Crippen MR) is 103 cm³/mol. The lowest BCUT2D eigenvalue weighted by atomic mass is 10.0. The van der Waals surface area contributed by atoms with Gasteiger partial charge < -0.3 is 10.4 Å². The van der Waals surface area contributed by atoms with Crippen molar-refractivity contribution in [3.63, 3.8) is 0 Å². The van der Waals surface area contributed by atoms with Crippen LogP contribution in [0.15, 0.2) is 73.2 Å². The molecule has 2 N–H and O–H groups in total. The minimum atomic E-state index is -0.0793. The summed E-state index contributed by atoms with van der Waals surface area (Å²) in [6, 6.07) is 19.0. The fourth-order valence-corrected chi connectivity index (χ4v) is 2.89. The summed E-state index contributed by atoms with van der Waals surface area (Å²) >= 11 is 0. The van der Waals surface area contributed by atoms with Crippen LogP contribution < -0.4 is 5.32 Å². The van der Waals surface area contributed by atoms with E-state index in [0.717, 1.165) is 33.6 Å². The molecule has 0 aliphatic carbocycles. The number of aliphatic hydroxyl groups excluding tert-OH is 1. The maximum absolute atomic E-state index is 12.2. The van der Waals surface area contributed by atoms with Crippen molar-refractivity contribution >= 4 is 17.2 Å². The summed E-state index contributed by atoms with van der Waals surface area (Å²) < 4.78 is 1.72. The van der Waals surface area contributed by atoms with Gasteiger partial charge in [0.25, 0.3) is 0 Å². The van der Waals surface area contributed by atoms with E-state index in [1.807, 2.05) is 42.6 Å². The highest BCUT2D eigenvalue weighted by Gasteiger charge is 2.06. The van der Waals surface area contributed by atoms with Crippen molar-refractivity contribution in [2.24, 2.45) is 0 Å². The summed E-state index contributed by atoms with van der Waals surface area (Å²) in [5, 5.41) is 16.0. The van der Waals surface area contributed by atoms with E-state index in [4.69, 9.17) is 5.11 Å². The third-order valence-electron chi connectivity index (χ3n) is 4.35. The number of nitrogens with zero attached hydrogens (tertiary/aromatic N) is 3. The molecule has 6 heteroatoms. The number of nitrogens with one attached hydrogen (secondary N) is 1. The number of amides is 1.